The SMILES string of the molecule is CC(C)(C)OC(=O)NCCCCC(=O)NC(CCCc1ccccc1)CCCc1ccccc1.CC(C)(C)OC(=O)NCCCCC(=O)O.NC(CCCc1ccccc1)CCCc1ccccc1. The number of hydrogen-bond acceptors (Lipinski definition) is 7. The lowest BCUT2D eigenvalue weighted by molar-refractivity contribution is -0.137. The van der Waals surface area contributed by atoms with Gasteiger partial charge in [-0.1, -0.05) is 121 Å². The lowest BCUT2D eigenvalue weighted by Gasteiger charge is -2.20. The van der Waals surface area contributed by atoms with Crippen LogP contribution in [0.3, 0.4) is 0 Å². The molecule has 0 spiro atoms. The molecule has 0 aromatic heterocycles. The standard InChI is InChI=1S/C29H42N2O3.C19H25N.C10H19NO4/c1-29(2,3)34-28(33)30-23-11-10-22-27(32)31-26(20-12-18-24-14-6-4-7-15-24)21-13-19-25-16-8-5-9-17-25;20-19(15-7-13-17-9-3-1-4-10-17)16-8-14-18-11-5-2-6-12-18;1-10(2,3)15-9(14)11-7-5-4-6-8(12)13/h4-9,14-17,26H,10-13,18-23H2,1-3H3,(H,30,33)(H,31,32);1-6,9-12,19H,7-8,13-16,20H2;4-7H2,1-3H3,(H,11,14)(H,12,13). The highest BCUT2D eigenvalue weighted by molar-refractivity contribution is 5.76. The third kappa shape index (κ3) is 35.1. The van der Waals surface area contributed by atoms with Gasteiger partial charge in [0.2, 0.25) is 5.91 Å². The molecule has 0 saturated carbocycles. The highest BCUT2D eigenvalue weighted by Gasteiger charge is 2.17. The fourth-order valence-electron chi connectivity index (χ4n) is 7.37. The van der Waals surface area contributed by atoms with Crippen molar-refractivity contribution >= 4 is 24.1 Å². The molecule has 4 rings (SSSR count). The summed E-state index contributed by atoms with van der Waals surface area (Å²) in [5, 5.41) is 16.9. The van der Waals surface area contributed by atoms with Crippen LogP contribution in [0.1, 0.15) is 154 Å². The number of unbranched alkanes of at least 4 members (excludes halogenated alkanes) is 2. The van der Waals surface area contributed by atoms with Gasteiger partial charge in [0, 0.05) is 38.0 Å². The van der Waals surface area contributed by atoms with Crippen molar-refractivity contribution in [1.29, 1.82) is 0 Å². The number of carboxylic acids is 1. The van der Waals surface area contributed by atoms with Crippen LogP contribution in [0, 0.1) is 0 Å². The summed E-state index contributed by atoms with van der Waals surface area (Å²) in [7, 11) is 0. The van der Waals surface area contributed by atoms with Gasteiger partial charge in [-0.15, -0.1) is 0 Å². The van der Waals surface area contributed by atoms with Gasteiger partial charge in [0.25, 0.3) is 0 Å². The molecule has 3 amide bonds. The Kier molecular flexibility index (Phi) is 30.5. The molecule has 0 unspecified atom stereocenters. The number of benzene rings is 4. The first-order chi connectivity index (χ1) is 33.0. The first-order valence-corrected chi connectivity index (χ1v) is 25.3. The van der Waals surface area contributed by atoms with Gasteiger partial charge >= 0.3 is 18.2 Å². The van der Waals surface area contributed by atoms with E-state index < -0.39 is 29.4 Å². The summed E-state index contributed by atoms with van der Waals surface area (Å²) in [5.74, 6) is -0.714. The average molecular weight is 951 g/mol. The summed E-state index contributed by atoms with van der Waals surface area (Å²) >= 11 is 0. The number of ether oxygens (including phenoxy) is 2. The maximum atomic E-state index is 12.6. The number of hydrogen-bond donors (Lipinski definition) is 5. The van der Waals surface area contributed by atoms with E-state index in [0.29, 0.717) is 38.4 Å². The molecular formula is C58H86N4O7. The van der Waals surface area contributed by atoms with Gasteiger partial charge in [0.05, 0.1) is 0 Å². The lowest BCUT2D eigenvalue weighted by Crippen LogP contribution is -2.35. The van der Waals surface area contributed by atoms with Crippen molar-refractivity contribution in [2.45, 2.75) is 180 Å². The fourth-order valence-corrected chi connectivity index (χ4v) is 7.37. The number of carboxylic acid groups (broad SMARTS) is 1. The summed E-state index contributed by atoms with van der Waals surface area (Å²) in [6.07, 6.45) is 15.5. The van der Waals surface area contributed by atoms with E-state index in [-0.39, 0.29) is 18.4 Å². The van der Waals surface area contributed by atoms with Crippen molar-refractivity contribution in [3.8, 4) is 0 Å². The molecule has 69 heavy (non-hydrogen) atoms. The molecule has 6 N–H and O–H groups in total. The monoisotopic (exact) mass is 951 g/mol. The summed E-state index contributed by atoms with van der Waals surface area (Å²) in [4.78, 5) is 45.6. The minimum absolute atomic E-state index is 0.0988. The van der Waals surface area contributed by atoms with Crippen molar-refractivity contribution in [2.75, 3.05) is 13.1 Å². The molecule has 0 aliphatic rings. The number of carbonyl (C=O) groups is 4. The predicted octanol–water partition coefficient (Wildman–Crippen LogP) is 12.3. The summed E-state index contributed by atoms with van der Waals surface area (Å²) in [5.41, 5.74) is 10.7. The van der Waals surface area contributed by atoms with Gasteiger partial charge in [-0.3, -0.25) is 9.59 Å². The number of aryl methyl sites for hydroxylation is 4. The van der Waals surface area contributed by atoms with Gasteiger partial charge < -0.3 is 36.3 Å². The van der Waals surface area contributed by atoms with E-state index in [1.54, 1.807) is 20.8 Å². The summed E-state index contributed by atoms with van der Waals surface area (Å²) in [6.45, 7) is 11.8. The maximum Gasteiger partial charge on any atom is 0.407 e. The molecule has 0 radical (unpaired) electrons. The van der Waals surface area contributed by atoms with E-state index in [4.69, 9.17) is 20.3 Å². The molecule has 0 bridgehead atoms. The van der Waals surface area contributed by atoms with Crippen molar-refractivity contribution in [3.63, 3.8) is 0 Å². The third-order valence-corrected chi connectivity index (χ3v) is 10.8. The van der Waals surface area contributed by atoms with Crippen LogP contribution in [-0.4, -0.2) is 65.5 Å². The first kappa shape index (κ1) is 59.4. The normalized spacial score (nSPS) is 11.1. The molecular weight excluding hydrogens is 865 g/mol. The topological polar surface area (TPSA) is 169 Å². The van der Waals surface area contributed by atoms with E-state index in [1.807, 2.05) is 32.9 Å². The van der Waals surface area contributed by atoms with Crippen LogP contribution in [0.5, 0.6) is 0 Å². The van der Waals surface area contributed by atoms with Crippen molar-refractivity contribution < 1.29 is 33.8 Å². The Morgan fingerprint density at radius 2 is 0.797 bits per heavy atom. The molecule has 0 heterocycles. The molecule has 4 aromatic rings. The molecule has 11 heteroatoms. The quantitative estimate of drug-likeness (QED) is 0.0368. The minimum atomic E-state index is -0.813. The first-order valence-electron chi connectivity index (χ1n) is 25.3. The number of amides is 3. The Hall–Kier alpha value is -5.68. The molecule has 0 saturated heterocycles. The maximum absolute atomic E-state index is 12.6. The van der Waals surface area contributed by atoms with Gasteiger partial charge in [0.15, 0.2) is 0 Å². The van der Waals surface area contributed by atoms with Crippen molar-refractivity contribution in [3.05, 3.63) is 144 Å². The second-order valence-electron chi connectivity index (χ2n) is 19.7. The average Bonchev–Trinajstić information content (AvgIpc) is 3.29. The second kappa shape index (κ2) is 35.4. The Morgan fingerprint density at radius 3 is 1.12 bits per heavy atom. The Bertz CT molecular complexity index is 1840. The molecule has 0 fully saturated rings. The van der Waals surface area contributed by atoms with Crippen LogP contribution in [-0.2, 0) is 44.7 Å². The smallest absolute Gasteiger partial charge is 0.407 e. The number of alkyl carbamates (subject to hydrolysis) is 2. The second-order valence-corrected chi connectivity index (χ2v) is 19.7. The zero-order valence-corrected chi connectivity index (χ0v) is 42.8. The number of aliphatic carboxylic acids is 1. The molecule has 0 aliphatic carbocycles. The van der Waals surface area contributed by atoms with Crippen LogP contribution >= 0.6 is 0 Å². The lowest BCUT2D eigenvalue weighted by atomic mass is 9.99. The predicted molar refractivity (Wildman–Crippen MR) is 281 cm³/mol. The van der Waals surface area contributed by atoms with Gasteiger partial charge in [-0.25, -0.2) is 9.59 Å². The van der Waals surface area contributed by atoms with Gasteiger partial charge in [-0.2, -0.15) is 0 Å². The van der Waals surface area contributed by atoms with Crippen LogP contribution in [0.2, 0.25) is 0 Å². The third-order valence-electron chi connectivity index (χ3n) is 10.8. The zero-order chi connectivity index (χ0) is 50.6. The van der Waals surface area contributed by atoms with Crippen molar-refractivity contribution in [2.24, 2.45) is 5.73 Å². The van der Waals surface area contributed by atoms with E-state index in [0.717, 1.165) is 77.0 Å². The van der Waals surface area contributed by atoms with E-state index in [9.17, 15) is 19.2 Å². The van der Waals surface area contributed by atoms with E-state index in [1.165, 1.54) is 35.1 Å². The van der Waals surface area contributed by atoms with Crippen LogP contribution in [0.4, 0.5) is 9.59 Å². The van der Waals surface area contributed by atoms with Gasteiger partial charge in [-0.05, 0) is 167 Å². The molecule has 380 valence electrons. The van der Waals surface area contributed by atoms with Crippen LogP contribution < -0.4 is 21.7 Å². The molecule has 0 atom stereocenters. The van der Waals surface area contributed by atoms with Crippen LogP contribution in [0.15, 0.2) is 121 Å². The summed E-state index contributed by atoms with van der Waals surface area (Å²) in [6, 6.07) is 42.9. The van der Waals surface area contributed by atoms with Crippen molar-refractivity contribution in [1.82, 2.24) is 16.0 Å². The Morgan fingerprint density at radius 1 is 0.478 bits per heavy atom. The molecule has 4 aromatic carbocycles. The highest BCUT2D eigenvalue weighted by Crippen LogP contribution is 2.15. The molecule has 11 nitrogen and oxygen atoms in total. The number of nitrogens with two attached hydrogens (primary N) is 1. The highest BCUT2D eigenvalue weighted by atomic mass is 16.6. The largest absolute Gasteiger partial charge is 0.481 e. The van der Waals surface area contributed by atoms with Gasteiger partial charge in [0.1, 0.15) is 11.2 Å². The summed E-state index contributed by atoms with van der Waals surface area (Å²) < 4.78 is 10.2. The fraction of sp³-hybridized carbons (Fsp3) is 0.517. The number of carbonyl (C=O) groups excluding carboxylic acids is 3. The zero-order valence-electron chi connectivity index (χ0n) is 42.8. The van der Waals surface area contributed by atoms with E-state index in [2.05, 4.69) is 125 Å². The van der Waals surface area contributed by atoms with E-state index >= 15 is 0 Å². The van der Waals surface area contributed by atoms with Crippen LogP contribution in [0.25, 0.3) is 0 Å². The minimum Gasteiger partial charge on any atom is -0.481 e. The number of rotatable bonds is 27. The Labute approximate surface area is 415 Å². The number of nitrogens with one attached hydrogen (secondary N) is 3. The molecule has 0 aliphatic heterocycles. The Balaban J connectivity index is 0.000000394.